The van der Waals surface area contributed by atoms with Gasteiger partial charge in [-0.1, -0.05) is 51.1 Å². The van der Waals surface area contributed by atoms with Gasteiger partial charge in [0.25, 0.3) is 0 Å². The van der Waals surface area contributed by atoms with Crippen LogP contribution in [0.15, 0.2) is 60.9 Å². The molecule has 0 fully saturated rings. The summed E-state index contributed by atoms with van der Waals surface area (Å²) < 4.78 is 6.09. The maximum Gasteiger partial charge on any atom is 0.145 e. The van der Waals surface area contributed by atoms with Gasteiger partial charge >= 0.3 is 0 Å². The number of benzene rings is 2. The largest absolute Gasteiger partial charge is 0.456 e. The predicted molar refractivity (Wildman–Crippen MR) is 97.7 cm³/mol. The van der Waals surface area contributed by atoms with Gasteiger partial charge in [-0.15, -0.1) is 0 Å². The molecule has 2 aromatic carbocycles. The Morgan fingerprint density at radius 2 is 1.62 bits per heavy atom. The van der Waals surface area contributed by atoms with Crippen LogP contribution in [0.1, 0.15) is 37.5 Å². The molecular formula is C22H21NO. The molecule has 0 unspecified atom stereocenters. The molecule has 1 aliphatic carbocycles. The lowest BCUT2D eigenvalue weighted by Gasteiger charge is -2.19. The Bertz CT molecular complexity index is 906. The van der Waals surface area contributed by atoms with Gasteiger partial charge in [0.2, 0.25) is 0 Å². The smallest absolute Gasteiger partial charge is 0.145 e. The zero-order valence-corrected chi connectivity index (χ0v) is 14.3. The Labute approximate surface area is 143 Å². The molecular weight excluding hydrogens is 294 g/mol. The first kappa shape index (κ1) is 14.9. The molecule has 0 bridgehead atoms. The Morgan fingerprint density at radius 3 is 2.46 bits per heavy atom. The zero-order chi connectivity index (χ0) is 16.7. The van der Waals surface area contributed by atoms with Crippen molar-refractivity contribution in [3.05, 3.63) is 77.6 Å². The second-order valence-electron chi connectivity index (χ2n) is 7.41. The van der Waals surface area contributed by atoms with Crippen LogP contribution >= 0.6 is 0 Å². The highest BCUT2D eigenvalue weighted by Gasteiger charge is 2.19. The summed E-state index contributed by atoms with van der Waals surface area (Å²) in [7, 11) is 0. The standard InChI is InChI=1S/C22H21NO/c1-22(2,3)17-11-19(14-23-13-17)24-18-9-8-16-10-15-6-4-5-7-20(15)21(16)12-18/h4-9,11-14H,10H2,1-3H3. The van der Waals surface area contributed by atoms with Gasteiger partial charge in [0.05, 0.1) is 6.20 Å². The molecule has 2 heteroatoms. The first-order valence-electron chi connectivity index (χ1n) is 8.35. The van der Waals surface area contributed by atoms with Crippen LogP contribution in [0.2, 0.25) is 0 Å². The van der Waals surface area contributed by atoms with E-state index < -0.39 is 0 Å². The number of fused-ring (bicyclic) bond motifs is 3. The van der Waals surface area contributed by atoms with Crippen molar-refractivity contribution in [2.24, 2.45) is 0 Å². The molecule has 1 aliphatic rings. The summed E-state index contributed by atoms with van der Waals surface area (Å²) in [6.45, 7) is 6.54. The molecule has 0 aliphatic heterocycles. The normalized spacial score (nSPS) is 12.6. The van der Waals surface area contributed by atoms with Gasteiger partial charge < -0.3 is 4.74 Å². The number of hydrogen-bond donors (Lipinski definition) is 0. The fourth-order valence-corrected chi connectivity index (χ4v) is 3.19. The second kappa shape index (κ2) is 5.48. The van der Waals surface area contributed by atoms with Crippen molar-refractivity contribution in [1.82, 2.24) is 4.98 Å². The van der Waals surface area contributed by atoms with E-state index in [4.69, 9.17) is 4.74 Å². The molecule has 0 atom stereocenters. The molecule has 120 valence electrons. The van der Waals surface area contributed by atoms with Gasteiger partial charge in [-0.25, -0.2) is 0 Å². The van der Waals surface area contributed by atoms with Crippen molar-refractivity contribution in [3.63, 3.8) is 0 Å². The van der Waals surface area contributed by atoms with Crippen LogP contribution in [0.3, 0.4) is 0 Å². The lowest BCUT2D eigenvalue weighted by atomic mass is 9.88. The first-order chi connectivity index (χ1) is 11.5. The monoisotopic (exact) mass is 315 g/mol. The highest BCUT2D eigenvalue weighted by molar-refractivity contribution is 5.77. The Hall–Kier alpha value is -2.61. The van der Waals surface area contributed by atoms with Crippen LogP contribution in [0.25, 0.3) is 11.1 Å². The first-order valence-corrected chi connectivity index (χ1v) is 8.35. The van der Waals surface area contributed by atoms with E-state index in [0.29, 0.717) is 0 Å². The van der Waals surface area contributed by atoms with Crippen molar-refractivity contribution in [2.45, 2.75) is 32.6 Å². The van der Waals surface area contributed by atoms with Gasteiger partial charge in [-0.05, 0) is 57.9 Å². The summed E-state index contributed by atoms with van der Waals surface area (Å²) in [6.07, 6.45) is 4.69. The van der Waals surface area contributed by atoms with E-state index in [2.05, 4.69) is 74.3 Å². The minimum Gasteiger partial charge on any atom is -0.456 e. The second-order valence-corrected chi connectivity index (χ2v) is 7.41. The lowest BCUT2D eigenvalue weighted by molar-refractivity contribution is 0.475. The molecule has 0 spiro atoms. The predicted octanol–water partition coefficient (Wildman–Crippen LogP) is 5.74. The van der Waals surface area contributed by atoms with Crippen molar-refractivity contribution in [2.75, 3.05) is 0 Å². The van der Waals surface area contributed by atoms with E-state index >= 15 is 0 Å². The fourth-order valence-electron chi connectivity index (χ4n) is 3.19. The zero-order valence-electron chi connectivity index (χ0n) is 14.3. The molecule has 0 radical (unpaired) electrons. The maximum absolute atomic E-state index is 6.09. The molecule has 1 aromatic heterocycles. The van der Waals surface area contributed by atoms with Crippen LogP contribution in [0.5, 0.6) is 11.5 Å². The summed E-state index contributed by atoms with van der Waals surface area (Å²) in [5.41, 5.74) is 6.59. The molecule has 24 heavy (non-hydrogen) atoms. The number of pyridine rings is 1. The Kier molecular flexibility index (Phi) is 3.42. The van der Waals surface area contributed by atoms with Crippen molar-refractivity contribution >= 4 is 0 Å². The molecule has 4 rings (SSSR count). The summed E-state index contributed by atoms with van der Waals surface area (Å²) in [4.78, 5) is 4.33. The van der Waals surface area contributed by atoms with Crippen LogP contribution in [-0.4, -0.2) is 4.98 Å². The third kappa shape index (κ3) is 2.69. The van der Waals surface area contributed by atoms with Crippen LogP contribution < -0.4 is 4.74 Å². The topological polar surface area (TPSA) is 22.1 Å². The van der Waals surface area contributed by atoms with E-state index in [1.165, 1.54) is 27.8 Å². The quantitative estimate of drug-likeness (QED) is 0.470. The number of rotatable bonds is 2. The molecule has 0 saturated carbocycles. The van der Waals surface area contributed by atoms with E-state index in [9.17, 15) is 0 Å². The number of hydrogen-bond acceptors (Lipinski definition) is 2. The molecule has 0 amide bonds. The SMILES string of the molecule is CC(C)(C)c1cncc(Oc2ccc3c(c2)-c2ccccc2C3)c1. The van der Waals surface area contributed by atoms with E-state index in [1.54, 1.807) is 6.20 Å². The van der Waals surface area contributed by atoms with E-state index in [-0.39, 0.29) is 5.41 Å². The molecule has 2 nitrogen and oxygen atoms in total. The molecule has 3 aromatic rings. The van der Waals surface area contributed by atoms with Gasteiger partial charge in [0.1, 0.15) is 11.5 Å². The number of aromatic nitrogens is 1. The molecule has 0 N–H and O–H groups in total. The average molecular weight is 315 g/mol. The van der Waals surface area contributed by atoms with Gasteiger partial charge in [-0.3, -0.25) is 4.98 Å². The highest BCUT2D eigenvalue weighted by atomic mass is 16.5. The third-order valence-corrected chi connectivity index (χ3v) is 4.58. The Morgan fingerprint density at radius 1 is 0.833 bits per heavy atom. The highest BCUT2D eigenvalue weighted by Crippen LogP contribution is 2.39. The van der Waals surface area contributed by atoms with Gasteiger partial charge in [-0.2, -0.15) is 0 Å². The number of nitrogens with zero attached hydrogens (tertiary/aromatic N) is 1. The van der Waals surface area contributed by atoms with Gasteiger partial charge in [0, 0.05) is 6.20 Å². The Balaban J connectivity index is 1.66. The summed E-state index contributed by atoms with van der Waals surface area (Å²) in [5, 5.41) is 0. The summed E-state index contributed by atoms with van der Waals surface area (Å²) >= 11 is 0. The third-order valence-electron chi connectivity index (χ3n) is 4.58. The van der Waals surface area contributed by atoms with E-state index in [1.807, 2.05) is 6.20 Å². The number of ether oxygens (including phenoxy) is 1. The van der Waals surface area contributed by atoms with Gasteiger partial charge in [0.15, 0.2) is 0 Å². The van der Waals surface area contributed by atoms with Crippen molar-refractivity contribution in [3.8, 4) is 22.6 Å². The average Bonchev–Trinajstić information content (AvgIpc) is 2.92. The van der Waals surface area contributed by atoms with Crippen LogP contribution in [0.4, 0.5) is 0 Å². The minimum absolute atomic E-state index is 0.0588. The molecule has 0 saturated heterocycles. The summed E-state index contributed by atoms with van der Waals surface area (Å²) in [5.74, 6) is 1.65. The molecule has 1 heterocycles. The maximum atomic E-state index is 6.09. The van der Waals surface area contributed by atoms with E-state index in [0.717, 1.165) is 17.9 Å². The van der Waals surface area contributed by atoms with Crippen molar-refractivity contribution < 1.29 is 4.74 Å². The summed E-state index contributed by atoms with van der Waals surface area (Å²) in [6, 6.07) is 17.0. The van der Waals surface area contributed by atoms with Crippen LogP contribution in [0, 0.1) is 0 Å². The lowest BCUT2D eigenvalue weighted by Crippen LogP contribution is -2.11. The fraction of sp³-hybridized carbons (Fsp3) is 0.227. The minimum atomic E-state index is 0.0588. The van der Waals surface area contributed by atoms with Crippen molar-refractivity contribution in [1.29, 1.82) is 0 Å². The van der Waals surface area contributed by atoms with Crippen LogP contribution in [-0.2, 0) is 11.8 Å².